The molecule has 174 valence electrons. The Hall–Kier alpha value is -5.00. The van der Waals surface area contributed by atoms with E-state index in [1.54, 1.807) is 43.3 Å². The lowest BCUT2D eigenvalue weighted by atomic mass is 10.0. The molecule has 0 saturated carbocycles. The Kier molecular flexibility index (Phi) is 5.45. The number of benzene rings is 3. The molecule has 0 atom stereocenters. The van der Waals surface area contributed by atoms with Gasteiger partial charge in [-0.15, -0.1) is 20.4 Å². The van der Waals surface area contributed by atoms with Gasteiger partial charge in [-0.1, -0.05) is 30.3 Å². The van der Waals surface area contributed by atoms with E-state index in [0.29, 0.717) is 28.2 Å². The van der Waals surface area contributed by atoms with Crippen LogP contribution in [-0.4, -0.2) is 35.5 Å². The summed E-state index contributed by atoms with van der Waals surface area (Å²) in [4.78, 5) is 12.8. The Bertz CT molecular complexity index is 1620. The Morgan fingerprint density at radius 1 is 0.971 bits per heavy atom. The van der Waals surface area contributed by atoms with Gasteiger partial charge in [-0.2, -0.15) is 5.21 Å². The summed E-state index contributed by atoms with van der Waals surface area (Å²) in [5.41, 5.74) is 1.79. The first-order valence-corrected chi connectivity index (χ1v) is 10.3. The average molecular weight is 474 g/mol. The van der Waals surface area contributed by atoms with E-state index in [4.69, 9.17) is 0 Å². The standard InChI is InChI=1S/C23H16F2N8O2/c1-12-20(23(35)33(30-12)15-8-9-17(24)18(25)11-15)27-26-19-7-3-6-16(21(19)34)13-4-2-5-14(10-13)22-28-31-32-29-22/h2-11,30,34H,1H3,(H,28,29,31,32). The van der Waals surface area contributed by atoms with Gasteiger partial charge in [-0.05, 0) is 42.0 Å². The summed E-state index contributed by atoms with van der Waals surface area (Å²) in [7, 11) is 0. The third kappa shape index (κ3) is 4.08. The summed E-state index contributed by atoms with van der Waals surface area (Å²) in [6.45, 7) is 1.59. The highest BCUT2D eigenvalue weighted by molar-refractivity contribution is 5.78. The van der Waals surface area contributed by atoms with Gasteiger partial charge < -0.3 is 5.11 Å². The Labute approximate surface area is 195 Å². The normalized spacial score (nSPS) is 11.4. The maximum atomic E-state index is 13.6. The van der Waals surface area contributed by atoms with Gasteiger partial charge in [0, 0.05) is 17.2 Å². The molecule has 5 rings (SSSR count). The van der Waals surface area contributed by atoms with Gasteiger partial charge in [0.15, 0.2) is 23.1 Å². The summed E-state index contributed by atoms with van der Waals surface area (Å²) in [6.07, 6.45) is 0. The number of hydrogen-bond donors (Lipinski definition) is 3. The van der Waals surface area contributed by atoms with Gasteiger partial charge in [0.25, 0.3) is 5.56 Å². The van der Waals surface area contributed by atoms with Crippen molar-refractivity contribution < 1.29 is 13.9 Å². The molecule has 0 spiro atoms. The molecular formula is C23H16F2N8O2. The molecule has 35 heavy (non-hydrogen) atoms. The summed E-state index contributed by atoms with van der Waals surface area (Å²) < 4.78 is 27.9. The van der Waals surface area contributed by atoms with E-state index in [1.807, 2.05) is 6.07 Å². The topological polar surface area (TPSA) is 137 Å². The number of nitrogens with one attached hydrogen (secondary N) is 2. The van der Waals surface area contributed by atoms with Crippen LogP contribution in [0, 0.1) is 18.6 Å². The van der Waals surface area contributed by atoms with Crippen LogP contribution in [0.1, 0.15) is 5.69 Å². The second-order valence-corrected chi connectivity index (χ2v) is 7.51. The van der Waals surface area contributed by atoms with Crippen LogP contribution < -0.4 is 5.56 Å². The fourth-order valence-corrected chi connectivity index (χ4v) is 3.52. The van der Waals surface area contributed by atoms with Crippen LogP contribution in [0.5, 0.6) is 5.75 Å². The molecule has 2 aromatic heterocycles. The SMILES string of the molecule is Cc1[nH]n(-c2ccc(F)c(F)c2)c(=O)c1N=Nc1cccc(-c2cccc(-c3nn[nH]n3)c2)c1O. The summed E-state index contributed by atoms with van der Waals surface area (Å²) in [6, 6.07) is 15.2. The van der Waals surface area contributed by atoms with Gasteiger partial charge in [0.1, 0.15) is 5.69 Å². The molecule has 12 heteroatoms. The fourth-order valence-electron chi connectivity index (χ4n) is 3.52. The first-order valence-electron chi connectivity index (χ1n) is 10.3. The van der Waals surface area contributed by atoms with Crippen molar-refractivity contribution in [3.63, 3.8) is 0 Å². The number of rotatable bonds is 5. The third-order valence-electron chi connectivity index (χ3n) is 5.25. The van der Waals surface area contributed by atoms with Crippen LogP contribution in [0.25, 0.3) is 28.2 Å². The van der Waals surface area contributed by atoms with E-state index in [2.05, 4.69) is 36.0 Å². The van der Waals surface area contributed by atoms with E-state index in [-0.39, 0.29) is 22.8 Å². The molecular weight excluding hydrogens is 458 g/mol. The highest BCUT2D eigenvalue weighted by Crippen LogP contribution is 2.38. The van der Waals surface area contributed by atoms with Crippen molar-refractivity contribution in [1.82, 2.24) is 30.4 Å². The number of aromatic nitrogens is 6. The maximum Gasteiger partial charge on any atom is 0.299 e. The van der Waals surface area contributed by atoms with Crippen LogP contribution in [0.4, 0.5) is 20.2 Å². The number of aryl methyl sites for hydroxylation is 1. The second-order valence-electron chi connectivity index (χ2n) is 7.51. The van der Waals surface area contributed by atoms with Crippen LogP contribution in [-0.2, 0) is 0 Å². The molecule has 0 unspecified atom stereocenters. The molecule has 0 aliphatic rings. The number of phenolic OH excluding ortho intramolecular Hbond substituents is 1. The van der Waals surface area contributed by atoms with Gasteiger partial charge >= 0.3 is 0 Å². The minimum Gasteiger partial charge on any atom is -0.505 e. The number of nitrogens with zero attached hydrogens (tertiary/aromatic N) is 6. The van der Waals surface area contributed by atoms with Crippen LogP contribution >= 0.6 is 0 Å². The predicted molar refractivity (Wildman–Crippen MR) is 122 cm³/mol. The van der Waals surface area contributed by atoms with Crippen LogP contribution in [0.2, 0.25) is 0 Å². The van der Waals surface area contributed by atoms with Gasteiger partial charge in [0.2, 0.25) is 5.82 Å². The minimum atomic E-state index is -1.09. The quantitative estimate of drug-likeness (QED) is 0.317. The molecule has 10 nitrogen and oxygen atoms in total. The highest BCUT2D eigenvalue weighted by atomic mass is 19.2. The third-order valence-corrected chi connectivity index (χ3v) is 5.25. The Balaban J connectivity index is 1.49. The zero-order valence-electron chi connectivity index (χ0n) is 18.1. The number of aromatic hydroxyl groups is 1. The van der Waals surface area contributed by atoms with Crippen molar-refractivity contribution in [2.24, 2.45) is 10.2 Å². The minimum absolute atomic E-state index is 0.0429. The Morgan fingerprint density at radius 2 is 1.77 bits per heavy atom. The van der Waals surface area contributed by atoms with Crippen molar-refractivity contribution in [2.45, 2.75) is 6.92 Å². The lowest BCUT2D eigenvalue weighted by Crippen LogP contribution is -2.14. The van der Waals surface area contributed by atoms with Crippen LogP contribution in [0.3, 0.4) is 0 Å². The van der Waals surface area contributed by atoms with E-state index < -0.39 is 17.2 Å². The summed E-state index contributed by atoms with van der Waals surface area (Å²) in [5.74, 6) is -1.85. The van der Waals surface area contributed by atoms with Crippen molar-refractivity contribution in [3.8, 4) is 34.0 Å². The lowest BCUT2D eigenvalue weighted by molar-refractivity contribution is 0.478. The summed E-state index contributed by atoms with van der Waals surface area (Å²) >= 11 is 0. The van der Waals surface area contributed by atoms with Gasteiger partial charge in [-0.3, -0.25) is 9.89 Å². The van der Waals surface area contributed by atoms with Crippen molar-refractivity contribution in [1.29, 1.82) is 0 Å². The number of para-hydroxylation sites is 1. The van der Waals surface area contributed by atoms with E-state index >= 15 is 0 Å². The smallest absolute Gasteiger partial charge is 0.299 e. The number of hydrogen-bond acceptors (Lipinski definition) is 7. The largest absolute Gasteiger partial charge is 0.505 e. The number of aromatic amines is 2. The first kappa shape index (κ1) is 21.8. The fraction of sp³-hybridized carbons (Fsp3) is 0.0435. The number of phenols is 1. The van der Waals surface area contributed by atoms with Gasteiger partial charge in [0.05, 0.1) is 11.4 Å². The second kappa shape index (κ2) is 8.74. The number of azo groups is 1. The van der Waals surface area contributed by atoms with E-state index in [9.17, 15) is 18.7 Å². The molecule has 0 radical (unpaired) electrons. The first-order chi connectivity index (χ1) is 16.9. The number of tetrazole rings is 1. The molecule has 5 aromatic rings. The maximum absolute atomic E-state index is 13.6. The molecule has 0 bridgehead atoms. The van der Waals surface area contributed by atoms with Crippen molar-refractivity contribution in [2.75, 3.05) is 0 Å². The number of H-pyrrole nitrogens is 2. The molecule has 0 aliphatic carbocycles. The van der Waals surface area contributed by atoms with E-state index in [1.165, 1.54) is 6.07 Å². The van der Waals surface area contributed by atoms with Crippen LogP contribution in [0.15, 0.2) is 75.7 Å². The number of halogens is 2. The monoisotopic (exact) mass is 474 g/mol. The lowest BCUT2D eigenvalue weighted by Gasteiger charge is -2.07. The molecule has 3 aromatic carbocycles. The van der Waals surface area contributed by atoms with E-state index in [0.717, 1.165) is 16.8 Å². The zero-order chi connectivity index (χ0) is 24.5. The highest BCUT2D eigenvalue weighted by Gasteiger charge is 2.15. The Morgan fingerprint density at radius 3 is 2.54 bits per heavy atom. The molecule has 2 heterocycles. The zero-order valence-corrected chi connectivity index (χ0v) is 18.1. The summed E-state index contributed by atoms with van der Waals surface area (Å²) in [5, 5.41) is 35.5. The van der Waals surface area contributed by atoms with Crippen molar-refractivity contribution in [3.05, 3.63) is 88.3 Å². The van der Waals surface area contributed by atoms with Crippen molar-refractivity contribution >= 4 is 11.4 Å². The molecule has 0 amide bonds. The molecule has 3 N–H and O–H groups in total. The predicted octanol–water partition coefficient (Wildman–Crippen LogP) is 4.72. The molecule has 0 saturated heterocycles. The molecule has 0 aliphatic heterocycles. The van der Waals surface area contributed by atoms with Gasteiger partial charge in [-0.25, -0.2) is 13.5 Å². The molecule has 0 fully saturated rings. The average Bonchev–Trinajstić information content (AvgIpc) is 3.49.